The van der Waals surface area contributed by atoms with E-state index in [9.17, 15) is 14.7 Å². The molecule has 4 atom stereocenters. The van der Waals surface area contributed by atoms with Crippen molar-refractivity contribution >= 4 is 0 Å². The average molecular weight is 256 g/mol. The van der Waals surface area contributed by atoms with Gasteiger partial charge in [0.1, 0.15) is 5.60 Å². The Labute approximate surface area is 103 Å². The van der Waals surface area contributed by atoms with Gasteiger partial charge in [-0.05, 0) is 6.92 Å². The Morgan fingerprint density at radius 3 is 2.72 bits per heavy atom. The molecule has 1 aromatic heterocycles. The highest BCUT2D eigenvalue weighted by Crippen LogP contribution is 2.41. The summed E-state index contributed by atoms with van der Waals surface area (Å²) in [5, 5.41) is 19.5. The number of aromatic amines is 1. The first kappa shape index (κ1) is 13.0. The molecule has 0 aliphatic carbocycles. The highest BCUT2D eigenvalue weighted by Gasteiger charge is 2.51. The number of nitrogens with one attached hydrogen (secondary N) is 1. The molecule has 1 aliphatic rings. The second-order valence-corrected chi connectivity index (χ2v) is 4.74. The zero-order valence-electron chi connectivity index (χ0n) is 10.2. The molecule has 2 heterocycles. The number of nitrogens with zero attached hydrogens (tertiary/aromatic N) is 1. The van der Waals surface area contributed by atoms with Crippen LogP contribution < -0.4 is 11.2 Å². The summed E-state index contributed by atoms with van der Waals surface area (Å²) in [5.74, 6) is -0.341. The minimum atomic E-state index is -1.31. The van der Waals surface area contributed by atoms with Crippen molar-refractivity contribution in [3.8, 4) is 0 Å². The van der Waals surface area contributed by atoms with Crippen molar-refractivity contribution < 1.29 is 14.9 Å². The van der Waals surface area contributed by atoms with Crippen molar-refractivity contribution in [3.63, 3.8) is 0 Å². The van der Waals surface area contributed by atoms with E-state index in [1.54, 1.807) is 6.92 Å². The SMILES string of the molecule is C[C@@H]1[C@@H](CO)O[C@@H](n2ccc(=O)[nH]c2=O)[C@]1(C)O. The molecule has 0 saturated carbocycles. The van der Waals surface area contributed by atoms with Crippen LogP contribution in [0.2, 0.25) is 0 Å². The van der Waals surface area contributed by atoms with Crippen molar-refractivity contribution in [1.29, 1.82) is 0 Å². The van der Waals surface area contributed by atoms with Gasteiger partial charge in [0.15, 0.2) is 6.23 Å². The molecule has 18 heavy (non-hydrogen) atoms. The smallest absolute Gasteiger partial charge is 0.330 e. The molecule has 1 saturated heterocycles. The molecular weight excluding hydrogens is 240 g/mol. The number of aliphatic hydroxyl groups is 2. The van der Waals surface area contributed by atoms with Crippen LogP contribution in [0.5, 0.6) is 0 Å². The van der Waals surface area contributed by atoms with Crippen LogP contribution in [-0.2, 0) is 4.74 Å². The highest BCUT2D eigenvalue weighted by atomic mass is 16.5. The maximum atomic E-state index is 11.7. The van der Waals surface area contributed by atoms with Crippen molar-refractivity contribution in [3.05, 3.63) is 33.1 Å². The van der Waals surface area contributed by atoms with Gasteiger partial charge >= 0.3 is 5.69 Å². The monoisotopic (exact) mass is 256 g/mol. The van der Waals surface area contributed by atoms with Crippen LogP contribution in [0.4, 0.5) is 0 Å². The molecule has 2 rings (SSSR count). The van der Waals surface area contributed by atoms with E-state index in [1.165, 1.54) is 19.2 Å². The third kappa shape index (κ3) is 1.90. The van der Waals surface area contributed by atoms with E-state index in [-0.39, 0.29) is 12.5 Å². The van der Waals surface area contributed by atoms with Gasteiger partial charge < -0.3 is 14.9 Å². The normalized spacial score (nSPS) is 35.9. The van der Waals surface area contributed by atoms with E-state index in [4.69, 9.17) is 9.84 Å². The Kier molecular flexibility index (Phi) is 3.14. The van der Waals surface area contributed by atoms with Gasteiger partial charge in [0.25, 0.3) is 5.56 Å². The Balaban J connectivity index is 2.45. The maximum absolute atomic E-state index is 11.7. The highest BCUT2D eigenvalue weighted by molar-refractivity contribution is 4.98. The number of ether oxygens (including phenoxy) is 1. The third-order valence-electron chi connectivity index (χ3n) is 3.57. The Morgan fingerprint density at radius 1 is 1.56 bits per heavy atom. The first-order valence-corrected chi connectivity index (χ1v) is 5.68. The van der Waals surface area contributed by atoms with Crippen LogP contribution in [0.1, 0.15) is 20.1 Å². The maximum Gasteiger partial charge on any atom is 0.330 e. The second kappa shape index (κ2) is 4.34. The Hall–Kier alpha value is -1.44. The fourth-order valence-electron chi connectivity index (χ4n) is 2.18. The van der Waals surface area contributed by atoms with E-state index < -0.39 is 29.2 Å². The predicted molar refractivity (Wildman–Crippen MR) is 62.1 cm³/mol. The molecule has 0 amide bonds. The molecule has 0 radical (unpaired) electrons. The van der Waals surface area contributed by atoms with Crippen LogP contribution in [0.15, 0.2) is 21.9 Å². The standard InChI is InChI=1S/C11H16N2O5/c1-6-7(5-14)18-9(11(6,2)17)13-4-3-8(15)12-10(13)16/h3-4,6-7,9,14,17H,5H2,1-2H3,(H,12,15,16)/t6-,7-,9-,11-/m1/s1. The summed E-state index contributed by atoms with van der Waals surface area (Å²) >= 11 is 0. The van der Waals surface area contributed by atoms with Gasteiger partial charge in [0.05, 0.1) is 12.7 Å². The summed E-state index contributed by atoms with van der Waals surface area (Å²) in [7, 11) is 0. The van der Waals surface area contributed by atoms with Gasteiger partial charge in [-0.3, -0.25) is 14.3 Å². The molecular formula is C11H16N2O5. The number of hydrogen-bond acceptors (Lipinski definition) is 5. The van der Waals surface area contributed by atoms with E-state index in [1.807, 2.05) is 0 Å². The lowest BCUT2D eigenvalue weighted by Gasteiger charge is -2.28. The predicted octanol–water partition coefficient (Wildman–Crippen LogP) is -1.19. The topological polar surface area (TPSA) is 105 Å². The van der Waals surface area contributed by atoms with Gasteiger partial charge in [-0.15, -0.1) is 0 Å². The molecule has 7 nitrogen and oxygen atoms in total. The number of aliphatic hydroxyl groups excluding tert-OH is 1. The lowest BCUT2D eigenvalue weighted by molar-refractivity contribution is -0.0918. The second-order valence-electron chi connectivity index (χ2n) is 4.74. The van der Waals surface area contributed by atoms with Gasteiger partial charge in [-0.2, -0.15) is 0 Å². The molecule has 0 spiro atoms. The summed E-state index contributed by atoms with van der Waals surface area (Å²) < 4.78 is 6.60. The molecule has 0 aromatic carbocycles. The van der Waals surface area contributed by atoms with E-state index >= 15 is 0 Å². The molecule has 1 aliphatic heterocycles. The molecule has 1 fully saturated rings. The van der Waals surface area contributed by atoms with Gasteiger partial charge in [-0.25, -0.2) is 4.79 Å². The quantitative estimate of drug-likeness (QED) is 0.617. The molecule has 3 N–H and O–H groups in total. The number of H-pyrrole nitrogens is 1. The molecule has 100 valence electrons. The fourth-order valence-corrected chi connectivity index (χ4v) is 2.18. The van der Waals surface area contributed by atoms with Crippen LogP contribution >= 0.6 is 0 Å². The van der Waals surface area contributed by atoms with Crippen LogP contribution in [-0.4, -0.2) is 38.1 Å². The van der Waals surface area contributed by atoms with Crippen LogP contribution in [0.25, 0.3) is 0 Å². The minimum absolute atomic E-state index is 0.244. The zero-order valence-corrected chi connectivity index (χ0v) is 10.2. The van der Waals surface area contributed by atoms with Gasteiger partial charge in [-0.1, -0.05) is 6.92 Å². The van der Waals surface area contributed by atoms with E-state index in [0.29, 0.717) is 0 Å². The third-order valence-corrected chi connectivity index (χ3v) is 3.57. The largest absolute Gasteiger partial charge is 0.394 e. The summed E-state index contributed by atoms with van der Waals surface area (Å²) in [5.41, 5.74) is -2.48. The molecule has 7 heteroatoms. The van der Waals surface area contributed by atoms with Crippen molar-refractivity contribution in [1.82, 2.24) is 9.55 Å². The summed E-state index contributed by atoms with van der Waals surface area (Å²) in [4.78, 5) is 24.8. The summed E-state index contributed by atoms with van der Waals surface area (Å²) in [6.45, 7) is 3.03. The molecule has 0 bridgehead atoms. The average Bonchev–Trinajstić information content (AvgIpc) is 2.52. The first-order valence-electron chi connectivity index (χ1n) is 5.68. The van der Waals surface area contributed by atoms with E-state index in [2.05, 4.69) is 4.98 Å². The van der Waals surface area contributed by atoms with Crippen LogP contribution in [0.3, 0.4) is 0 Å². The van der Waals surface area contributed by atoms with Crippen molar-refractivity contribution in [2.24, 2.45) is 5.92 Å². The lowest BCUT2D eigenvalue weighted by atomic mass is 9.88. The Bertz CT molecular complexity index is 547. The van der Waals surface area contributed by atoms with Gasteiger partial charge in [0.2, 0.25) is 0 Å². The van der Waals surface area contributed by atoms with Crippen LogP contribution in [0, 0.1) is 5.92 Å². The summed E-state index contributed by atoms with van der Waals surface area (Å²) in [6, 6.07) is 1.18. The van der Waals surface area contributed by atoms with Crippen molar-refractivity contribution in [2.75, 3.05) is 6.61 Å². The summed E-state index contributed by atoms with van der Waals surface area (Å²) in [6.07, 6.45) is -0.218. The first-order chi connectivity index (χ1) is 8.37. The number of aromatic nitrogens is 2. The fraction of sp³-hybridized carbons (Fsp3) is 0.636. The zero-order chi connectivity index (χ0) is 13.5. The molecule has 1 aromatic rings. The molecule has 0 unspecified atom stereocenters. The number of rotatable bonds is 2. The van der Waals surface area contributed by atoms with Gasteiger partial charge in [0, 0.05) is 18.2 Å². The van der Waals surface area contributed by atoms with E-state index in [0.717, 1.165) is 4.57 Å². The lowest BCUT2D eigenvalue weighted by Crippen LogP contribution is -2.43. The number of hydrogen-bond donors (Lipinski definition) is 3. The minimum Gasteiger partial charge on any atom is -0.394 e. The van der Waals surface area contributed by atoms with Crippen molar-refractivity contribution in [2.45, 2.75) is 31.8 Å². The Morgan fingerprint density at radius 2 is 2.22 bits per heavy atom.